The Hall–Kier alpha value is -1.38. The van der Waals surface area contributed by atoms with Crippen molar-refractivity contribution in [3.05, 3.63) is 28.9 Å². The molecule has 0 aromatic heterocycles. The zero-order chi connectivity index (χ0) is 7.68. The number of benzene rings is 1. The normalized spacial score (nSPS) is 14.5. The van der Waals surface area contributed by atoms with E-state index in [0.29, 0.717) is 11.9 Å². The molecule has 1 aromatic rings. The van der Waals surface area contributed by atoms with Crippen LogP contribution in [0.3, 0.4) is 0 Å². The second-order valence-electron chi connectivity index (χ2n) is 2.41. The van der Waals surface area contributed by atoms with Gasteiger partial charge >= 0.3 is 0 Å². The van der Waals surface area contributed by atoms with Crippen LogP contribution in [-0.2, 0) is 0 Å². The summed E-state index contributed by atoms with van der Waals surface area (Å²) < 4.78 is 0. The summed E-state index contributed by atoms with van der Waals surface area (Å²) in [6, 6.07) is 5.26. The third-order valence-corrected chi connectivity index (χ3v) is 1.65. The van der Waals surface area contributed by atoms with Crippen molar-refractivity contribution in [2.45, 2.75) is 0 Å². The molecule has 0 atom stereocenters. The molecule has 0 unspecified atom stereocenters. The van der Waals surface area contributed by atoms with E-state index in [0.717, 1.165) is 11.9 Å². The van der Waals surface area contributed by atoms with E-state index in [2.05, 4.69) is 9.98 Å². The molecule has 56 valence electrons. The van der Waals surface area contributed by atoms with Gasteiger partial charge in [-0.25, -0.2) is 0 Å². The van der Waals surface area contributed by atoms with Gasteiger partial charge in [0.15, 0.2) is 0 Å². The molecule has 0 aliphatic carbocycles. The maximum Gasteiger partial charge on any atom is 0.142 e. The van der Waals surface area contributed by atoms with Gasteiger partial charge in [0.2, 0.25) is 0 Å². The van der Waals surface area contributed by atoms with Crippen LogP contribution < -0.4 is 10.7 Å². The van der Waals surface area contributed by atoms with Crippen molar-refractivity contribution >= 4 is 0 Å². The van der Waals surface area contributed by atoms with Crippen molar-refractivity contribution in [3.8, 4) is 5.75 Å². The number of phenols is 1. The molecule has 1 aliphatic rings. The molecule has 0 amide bonds. The van der Waals surface area contributed by atoms with Crippen LogP contribution in [0.1, 0.15) is 0 Å². The second kappa shape index (κ2) is 2.34. The van der Waals surface area contributed by atoms with Gasteiger partial charge in [0.1, 0.15) is 11.1 Å². The van der Waals surface area contributed by atoms with Gasteiger partial charge in [-0.15, -0.1) is 0 Å². The Morgan fingerprint density at radius 1 is 1.18 bits per heavy atom. The van der Waals surface area contributed by atoms with Crippen LogP contribution in [0.5, 0.6) is 5.75 Å². The molecule has 0 radical (unpaired) electrons. The van der Waals surface area contributed by atoms with E-state index < -0.39 is 0 Å². The zero-order valence-corrected chi connectivity index (χ0v) is 5.99. The number of aromatic hydroxyl groups is 1. The summed E-state index contributed by atoms with van der Waals surface area (Å²) in [7, 11) is 0. The molecule has 0 saturated heterocycles. The Kier molecular flexibility index (Phi) is 1.35. The number of hydrogen-bond donors (Lipinski definition) is 1. The highest BCUT2D eigenvalue weighted by Gasteiger charge is 1.98. The predicted molar refractivity (Wildman–Crippen MR) is 40.2 cm³/mol. The van der Waals surface area contributed by atoms with Crippen LogP contribution in [-0.4, -0.2) is 18.2 Å². The van der Waals surface area contributed by atoms with Gasteiger partial charge < -0.3 is 5.11 Å². The molecule has 1 heterocycles. The average Bonchev–Trinajstić information content (AvgIpc) is 2.06. The summed E-state index contributed by atoms with van der Waals surface area (Å²) in [4.78, 5) is 8.35. The molecule has 0 fully saturated rings. The maximum atomic E-state index is 9.30. The number of rotatable bonds is 0. The van der Waals surface area contributed by atoms with Gasteiger partial charge in [-0.1, -0.05) is 6.07 Å². The lowest BCUT2D eigenvalue weighted by molar-refractivity contribution is 0.465. The molecule has 1 aromatic carbocycles. The SMILES string of the molecule is Oc1cccc2c1=NCCN=2. The summed E-state index contributed by atoms with van der Waals surface area (Å²) in [5, 5.41) is 10.7. The van der Waals surface area contributed by atoms with Gasteiger partial charge in [-0.3, -0.25) is 9.98 Å². The number of phenolic OH excluding ortho intramolecular Hbond substituents is 1. The summed E-state index contributed by atoms with van der Waals surface area (Å²) in [6.45, 7) is 1.42. The fourth-order valence-electron chi connectivity index (χ4n) is 1.14. The minimum absolute atomic E-state index is 0.228. The van der Waals surface area contributed by atoms with Crippen LogP contribution in [0, 0.1) is 0 Å². The highest BCUT2D eigenvalue weighted by molar-refractivity contribution is 5.19. The van der Waals surface area contributed by atoms with Crippen LogP contribution in [0.4, 0.5) is 0 Å². The Morgan fingerprint density at radius 3 is 2.82 bits per heavy atom. The first-order chi connectivity index (χ1) is 5.38. The molecule has 3 heteroatoms. The van der Waals surface area contributed by atoms with Crippen molar-refractivity contribution in [1.29, 1.82) is 0 Å². The van der Waals surface area contributed by atoms with Crippen LogP contribution in [0.25, 0.3) is 0 Å². The Balaban J connectivity index is 2.88. The quantitative estimate of drug-likeness (QED) is 0.536. The van der Waals surface area contributed by atoms with Gasteiger partial charge in [-0.2, -0.15) is 0 Å². The molecule has 0 saturated carbocycles. The topological polar surface area (TPSA) is 45.0 Å². The molecule has 2 rings (SSSR count). The van der Waals surface area contributed by atoms with Crippen molar-refractivity contribution in [2.24, 2.45) is 9.98 Å². The molecule has 3 nitrogen and oxygen atoms in total. The minimum Gasteiger partial charge on any atom is -0.506 e. The largest absolute Gasteiger partial charge is 0.506 e. The average molecular weight is 148 g/mol. The molecule has 0 bridgehead atoms. The van der Waals surface area contributed by atoms with E-state index in [1.165, 1.54) is 0 Å². The van der Waals surface area contributed by atoms with E-state index in [9.17, 15) is 5.11 Å². The molecule has 0 spiro atoms. The molecule has 11 heavy (non-hydrogen) atoms. The smallest absolute Gasteiger partial charge is 0.142 e. The van der Waals surface area contributed by atoms with Gasteiger partial charge in [0.05, 0.1) is 18.4 Å². The minimum atomic E-state index is 0.228. The number of nitrogens with zero attached hydrogens (tertiary/aromatic N) is 2. The fraction of sp³-hybridized carbons (Fsp3) is 0.250. The van der Waals surface area contributed by atoms with Crippen molar-refractivity contribution in [1.82, 2.24) is 0 Å². The number of hydrogen-bond acceptors (Lipinski definition) is 3. The predicted octanol–water partition coefficient (Wildman–Crippen LogP) is -0.355. The number of fused-ring (bicyclic) bond motifs is 1. The third-order valence-electron chi connectivity index (χ3n) is 1.65. The highest BCUT2D eigenvalue weighted by atomic mass is 16.3. The Morgan fingerprint density at radius 2 is 2.00 bits per heavy atom. The Labute approximate surface area is 63.7 Å². The van der Waals surface area contributed by atoms with Crippen LogP contribution in [0.2, 0.25) is 0 Å². The molecule has 1 aliphatic heterocycles. The lowest BCUT2D eigenvalue weighted by atomic mass is 10.3. The monoisotopic (exact) mass is 148 g/mol. The van der Waals surface area contributed by atoms with Crippen molar-refractivity contribution in [3.63, 3.8) is 0 Å². The van der Waals surface area contributed by atoms with E-state index in [4.69, 9.17) is 0 Å². The molecule has 1 N–H and O–H groups in total. The summed E-state index contributed by atoms with van der Waals surface area (Å²) in [5.74, 6) is 0.228. The molecular weight excluding hydrogens is 140 g/mol. The van der Waals surface area contributed by atoms with Crippen LogP contribution >= 0.6 is 0 Å². The summed E-state index contributed by atoms with van der Waals surface area (Å²) in [6.07, 6.45) is 0. The van der Waals surface area contributed by atoms with Crippen LogP contribution in [0.15, 0.2) is 28.2 Å². The number of para-hydroxylation sites is 1. The first-order valence-corrected chi connectivity index (χ1v) is 3.55. The van der Waals surface area contributed by atoms with Crippen molar-refractivity contribution in [2.75, 3.05) is 13.1 Å². The third kappa shape index (κ3) is 0.981. The highest BCUT2D eigenvalue weighted by Crippen LogP contribution is 1.95. The first-order valence-electron chi connectivity index (χ1n) is 3.55. The van der Waals surface area contributed by atoms with Crippen molar-refractivity contribution < 1.29 is 5.11 Å². The van der Waals surface area contributed by atoms with E-state index >= 15 is 0 Å². The molecular formula is C8H8N2O. The summed E-state index contributed by atoms with van der Waals surface area (Å²) in [5.41, 5.74) is 0. The van der Waals surface area contributed by atoms with Gasteiger partial charge in [-0.05, 0) is 12.1 Å². The lowest BCUT2D eigenvalue weighted by Gasteiger charge is -1.99. The van der Waals surface area contributed by atoms with Gasteiger partial charge in [0, 0.05) is 0 Å². The first kappa shape index (κ1) is 6.34. The summed E-state index contributed by atoms with van der Waals surface area (Å²) >= 11 is 0. The fourth-order valence-corrected chi connectivity index (χ4v) is 1.14. The van der Waals surface area contributed by atoms with E-state index in [1.807, 2.05) is 6.07 Å². The standard InChI is InChI=1S/C8H8N2O/c11-7-3-1-2-6-8(7)10-5-4-9-6/h1-3,11H,4-5H2. The second-order valence-corrected chi connectivity index (χ2v) is 2.41. The van der Waals surface area contributed by atoms with E-state index in [-0.39, 0.29) is 5.75 Å². The maximum absolute atomic E-state index is 9.30. The zero-order valence-electron chi connectivity index (χ0n) is 5.99. The Bertz CT molecular complexity index is 384. The van der Waals surface area contributed by atoms with Gasteiger partial charge in [0.25, 0.3) is 0 Å². The lowest BCUT2D eigenvalue weighted by Crippen LogP contribution is -2.29. The van der Waals surface area contributed by atoms with E-state index in [1.54, 1.807) is 12.1 Å².